The van der Waals surface area contributed by atoms with Gasteiger partial charge in [0.05, 0.1) is 23.4 Å². The summed E-state index contributed by atoms with van der Waals surface area (Å²) in [6, 6.07) is 15.7. The number of para-hydroxylation sites is 1. The van der Waals surface area contributed by atoms with Crippen LogP contribution in [-0.4, -0.2) is 30.2 Å². The molecule has 0 aromatic heterocycles. The molecule has 2 heterocycles. The molecule has 3 aliphatic rings. The third-order valence-corrected chi connectivity index (χ3v) is 7.03. The quantitative estimate of drug-likeness (QED) is 0.407. The van der Waals surface area contributed by atoms with Gasteiger partial charge in [-0.15, -0.1) is 0 Å². The highest BCUT2D eigenvalue weighted by Gasteiger charge is 2.50. The molecule has 2 aliphatic heterocycles. The summed E-state index contributed by atoms with van der Waals surface area (Å²) in [5.74, 6) is -1.08. The van der Waals surface area contributed by atoms with Gasteiger partial charge in [0.1, 0.15) is 5.75 Å². The minimum Gasteiger partial charge on any atom is -0.426 e. The molecule has 0 bridgehead atoms. The Morgan fingerprint density at radius 3 is 2.30 bits per heavy atom. The van der Waals surface area contributed by atoms with Gasteiger partial charge in [-0.2, -0.15) is 0 Å². The molecule has 0 radical (unpaired) electrons. The number of benzene rings is 2. The molecule has 33 heavy (non-hydrogen) atoms. The number of fused-ring (bicyclic) bond motifs is 1. The number of rotatable bonds is 4. The molecule has 2 aromatic rings. The Hall–Kier alpha value is -3.48. The van der Waals surface area contributed by atoms with E-state index in [4.69, 9.17) is 4.74 Å². The average molecular weight is 447 g/mol. The maximum Gasteiger partial charge on any atom is 0.316 e. The molecule has 0 spiro atoms. The molecule has 3 amide bonds. The number of esters is 1. The number of anilines is 2. The number of hydrogen-bond donors (Lipinski definition) is 0. The molecule has 0 N–H and O–H groups in total. The molecule has 170 valence electrons. The van der Waals surface area contributed by atoms with Crippen LogP contribution in [-0.2, 0) is 19.2 Å². The standard InChI is InChI=1S/C26H26N2O5/c1-16-7-12-21-22(13-16)25(31)28(24(21)30)19-8-10-20(11-9-19)33-26(32)17-14-23(29)27(15-17)18-5-3-2-4-6-18/h2-6,8-11,16-17,21-22H,7,12-15H2,1H3/t16-,17+,21-,22+/m0/s1. The Morgan fingerprint density at radius 2 is 1.58 bits per heavy atom. The predicted octanol–water partition coefficient (Wildman–Crippen LogP) is 3.57. The SMILES string of the molecule is C[C@H]1CC[C@@H]2C(=O)N(c3ccc(OC(=O)[C@@H]4CC(=O)N(c5ccccc5)C4)cc3)C(=O)[C@@H]2C1. The number of ether oxygens (including phenoxy) is 1. The Labute approximate surface area is 192 Å². The molecule has 3 fully saturated rings. The highest BCUT2D eigenvalue weighted by Crippen LogP contribution is 2.42. The van der Waals surface area contributed by atoms with Crippen molar-refractivity contribution in [2.24, 2.45) is 23.7 Å². The smallest absolute Gasteiger partial charge is 0.316 e. The molecular weight excluding hydrogens is 420 g/mol. The van der Waals surface area contributed by atoms with Gasteiger partial charge in [0.25, 0.3) is 0 Å². The van der Waals surface area contributed by atoms with Crippen LogP contribution in [0.1, 0.15) is 32.6 Å². The fraction of sp³-hybridized carbons (Fsp3) is 0.385. The summed E-state index contributed by atoms with van der Waals surface area (Å²) in [5.41, 5.74) is 1.26. The number of carbonyl (C=O) groups excluding carboxylic acids is 4. The summed E-state index contributed by atoms with van der Waals surface area (Å²) in [6.45, 7) is 2.40. The van der Waals surface area contributed by atoms with Crippen molar-refractivity contribution < 1.29 is 23.9 Å². The van der Waals surface area contributed by atoms with Crippen LogP contribution in [0.4, 0.5) is 11.4 Å². The minimum absolute atomic E-state index is 0.101. The van der Waals surface area contributed by atoms with Gasteiger partial charge in [-0.05, 0) is 61.6 Å². The van der Waals surface area contributed by atoms with Crippen LogP contribution >= 0.6 is 0 Å². The fourth-order valence-electron chi connectivity index (χ4n) is 5.23. The molecule has 2 aromatic carbocycles. The highest BCUT2D eigenvalue weighted by atomic mass is 16.5. The van der Waals surface area contributed by atoms with Crippen molar-refractivity contribution in [2.75, 3.05) is 16.3 Å². The highest BCUT2D eigenvalue weighted by molar-refractivity contribution is 6.22. The normalized spacial score (nSPS) is 27.1. The molecule has 5 rings (SSSR count). The second-order valence-corrected chi connectivity index (χ2v) is 9.30. The van der Waals surface area contributed by atoms with Gasteiger partial charge in [-0.3, -0.25) is 24.1 Å². The van der Waals surface area contributed by atoms with E-state index in [1.165, 1.54) is 4.90 Å². The summed E-state index contributed by atoms with van der Waals surface area (Å²) >= 11 is 0. The predicted molar refractivity (Wildman–Crippen MR) is 121 cm³/mol. The number of nitrogens with zero attached hydrogens (tertiary/aromatic N) is 2. The lowest BCUT2D eigenvalue weighted by molar-refractivity contribution is -0.139. The summed E-state index contributed by atoms with van der Waals surface area (Å²) in [4.78, 5) is 53.7. The van der Waals surface area contributed by atoms with Crippen molar-refractivity contribution in [3.05, 3.63) is 54.6 Å². The summed E-state index contributed by atoms with van der Waals surface area (Å²) in [6.07, 6.45) is 2.57. The Balaban J connectivity index is 1.24. The van der Waals surface area contributed by atoms with Crippen molar-refractivity contribution >= 4 is 35.1 Å². The summed E-state index contributed by atoms with van der Waals surface area (Å²) in [5, 5.41) is 0. The van der Waals surface area contributed by atoms with E-state index in [1.54, 1.807) is 29.2 Å². The van der Waals surface area contributed by atoms with Crippen LogP contribution < -0.4 is 14.5 Å². The maximum absolute atomic E-state index is 12.9. The number of amides is 3. The van der Waals surface area contributed by atoms with Crippen LogP contribution in [0.3, 0.4) is 0 Å². The molecule has 4 atom stereocenters. The van der Waals surface area contributed by atoms with Crippen LogP contribution in [0, 0.1) is 23.7 Å². The molecule has 7 nitrogen and oxygen atoms in total. The summed E-state index contributed by atoms with van der Waals surface area (Å²) in [7, 11) is 0. The lowest BCUT2D eigenvalue weighted by atomic mass is 9.76. The lowest BCUT2D eigenvalue weighted by Crippen LogP contribution is -2.30. The van der Waals surface area contributed by atoms with E-state index in [0.29, 0.717) is 17.4 Å². The first-order chi connectivity index (χ1) is 15.9. The Kier molecular flexibility index (Phi) is 5.48. The second-order valence-electron chi connectivity index (χ2n) is 9.30. The first kappa shape index (κ1) is 21.4. The average Bonchev–Trinajstić information content (AvgIpc) is 3.32. The van der Waals surface area contributed by atoms with Gasteiger partial charge in [0.15, 0.2) is 0 Å². The fourth-order valence-corrected chi connectivity index (χ4v) is 5.23. The largest absolute Gasteiger partial charge is 0.426 e. The molecule has 2 saturated heterocycles. The van der Waals surface area contributed by atoms with Crippen LogP contribution in [0.15, 0.2) is 54.6 Å². The minimum atomic E-state index is -0.552. The van der Waals surface area contributed by atoms with E-state index >= 15 is 0 Å². The molecule has 7 heteroatoms. The topological polar surface area (TPSA) is 84.0 Å². The third kappa shape index (κ3) is 3.92. The monoisotopic (exact) mass is 446 g/mol. The Bertz CT molecular complexity index is 1100. The van der Waals surface area contributed by atoms with Crippen molar-refractivity contribution in [3.8, 4) is 5.75 Å². The van der Waals surface area contributed by atoms with E-state index in [1.807, 2.05) is 30.3 Å². The third-order valence-electron chi connectivity index (χ3n) is 7.03. The summed E-state index contributed by atoms with van der Waals surface area (Å²) < 4.78 is 5.50. The first-order valence-electron chi connectivity index (χ1n) is 11.5. The zero-order valence-electron chi connectivity index (χ0n) is 18.5. The number of hydrogen-bond acceptors (Lipinski definition) is 5. The first-order valence-corrected chi connectivity index (χ1v) is 11.5. The number of carbonyl (C=O) groups is 4. The van der Waals surface area contributed by atoms with Gasteiger partial charge in [0.2, 0.25) is 17.7 Å². The second kappa shape index (κ2) is 8.46. The van der Waals surface area contributed by atoms with E-state index in [-0.39, 0.29) is 42.5 Å². The van der Waals surface area contributed by atoms with Crippen LogP contribution in [0.5, 0.6) is 5.75 Å². The lowest BCUT2D eigenvalue weighted by Gasteiger charge is -2.25. The van der Waals surface area contributed by atoms with Crippen LogP contribution in [0.25, 0.3) is 0 Å². The Morgan fingerprint density at radius 1 is 0.879 bits per heavy atom. The molecule has 1 aliphatic carbocycles. The maximum atomic E-state index is 12.9. The zero-order valence-corrected chi connectivity index (χ0v) is 18.5. The van der Waals surface area contributed by atoms with Gasteiger partial charge in [-0.1, -0.05) is 25.1 Å². The zero-order chi connectivity index (χ0) is 23.1. The van der Waals surface area contributed by atoms with Crippen molar-refractivity contribution in [2.45, 2.75) is 32.6 Å². The van der Waals surface area contributed by atoms with Gasteiger partial charge < -0.3 is 9.64 Å². The van der Waals surface area contributed by atoms with E-state index in [0.717, 1.165) is 24.9 Å². The van der Waals surface area contributed by atoms with Gasteiger partial charge in [-0.25, -0.2) is 0 Å². The van der Waals surface area contributed by atoms with Crippen LogP contribution in [0.2, 0.25) is 0 Å². The van der Waals surface area contributed by atoms with E-state index < -0.39 is 11.9 Å². The van der Waals surface area contributed by atoms with Crippen molar-refractivity contribution in [1.82, 2.24) is 0 Å². The van der Waals surface area contributed by atoms with E-state index in [2.05, 4.69) is 6.92 Å². The molecular formula is C26H26N2O5. The number of imide groups is 1. The molecule has 1 saturated carbocycles. The van der Waals surface area contributed by atoms with Crippen molar-refractivity contribution in [1.29, 1.82) is 0 Å². The van der Waals surface area contributed by atoms with Gasteiger partial charge >= 0.3 is 5.97 Å². The van der Waals surface area contributed by atoms with Gasteiger partial charge in [0, 0.05) is 18.7 Å². The van der Waals surface area contributed by atoms with Crippen molar-refractivity contribution in [3.63, 3.8) is 0 Å². The molecule has 0 unspecified atom stereocenters. The van der Waals surface area contributed by atoms with E-state index in [9.17, 15) is 19.2 Å².